The molecule has 1 saturated heterocycles. The van der Waals surface area contributed by atoms with Crippen molar-refractivity contribution in [2.24, 2.45) is 0 Å². The van der Waals surface area contributed by atoms with Crippen LogP contribution in [0.5, 0.6) is 0 Å². The quantitative estimate of drug-likeness (QED) is 0.764. The van der Waals surface area contributed by atoms with E-state index in [9.17, 15) is 4.79 Å². The Hall–Kier alpha value is -2.25. The number of nitrogens with one attached hydrogen (secondary N) is 1. The Bertz CT molecular complexity index is 873. The van der Waals surface area contributed by atoms with Crippen LogP contribution in [0.25, 0.3) is 10.2 Å². The Kier molecular flexibility index (Phi) is 4.50. The molecule has 0 aliphatic carbocycles. The normalized spacial score (nSPS) is 18.0. The lowest BCUT2D eigenvalue weighted by Gasteiger charge is -2.23. The molecule has 0 spiro atoms. The molecule has 4 rings (SSSR count). The minimum Gasteiger partial charge on any atom is -0.301 e. The van der Waals surface area contributed by atoms with Gasteiger partial charge in [0.05, 0.1) is 23.3 Å². The third-order valence-electron chi connectivity index (χ3n) is 4.59. The molecule has 0 radical (unpaired) electrons. The molecule has 1 amide bonds. The van der Waals surface area contributed by atoms with Crippen LogP contribution in [0.15, 0.2) is 36.7 Å². The number of anilines is 1. The SMILES string of the molecule is Cc1ccc2nc(NC(=O)CN3CCC[C@H]3Cn3cccn3)sc2c1. The molecule has 7 heteroatoms. The van der Waals surface area contributed by atoms with Gasteiger partial charge in [-0.05, 0) is 50.1 Å². The summed E-state index contributed by atoms with van der Waals surface area (Å²) in [6.45, 7) is 4.25. The summed E-state index contributed by atoms with van der Waals surface area (Å²) in [4.78, 5) is 19.2. The predicted octanol–water partition coefficient (Wildman–Crippen LogP) is 2.90. The van der Waals surface area contributed by atoms with Crippen molar-refractivity contribution in [3.05, 3.63) is 42.2 Å². The number of carbonyl (C=O) groups is 1. The van der Waals surface area contributed by atoms with Crippen LogP contribution in [0.3, 0.4) is 0 Å². The Labute approximate surface area is 150 Å². The summed E-state index contributed by atoms with van der Waals surface area (Å²) in [5, 5.41) is 7.91. The fraction of sp³-hybridized carbons (Fsp3) is 0.389. The van der Waals surface area contributed by atoms with E-state index in [0.717, 1.165) is 36.1 Å². The van der Waals surface area contributed by atoms with Crippen LogP contribution < -0.4 is 5.32 Å². The summed E-state index contributed by atoms with van der Waals surface area (Å²) in [6, 6.07) is 8.43. The van der Waals surface area contributed by atoms with E-state index in [1.807, 2.05) is 29.1 Å². The van der Waals surface area contributed by atoms with Crippen molar-refractivity contribution in [2.45, 2.75) is 32.4 Å². The third kappa shape index (κ3) is 3.72. The zero-order valence-corrected chi connectivity index (χ0v) is 15.0. The van der Waals surface area contributed by atoms with Crippen molar-refractivity contribution >= 4 is 32.6 Å². The lowest BCUT2D eigenvalue weighted by Crippen LogP contribution is -2.39. The highest BCUT2D eigenvalue weighted by Gasteiger charge is 2.26. The van der Waals surface area contributed by atoms with E-state index in [1.165, 1.54) is 16.9 Å². The Morgan fingerprint density at radius 2 is 2.36 bits per heavy atom. The summed E-state index contributed by atoms with van der Waals surface area (Å²) in [5.41, 5.74) is 2.14. The van der Waals surface area contributed by atoms with Crippen LogP contribution in [-0.4, -0.2) is 44.7 Å². The van der Waals surface area contributed by atoms with E-state index in [0.29, 0.717) is 17.7 Å². The second kappa shape index (κ2) is 6.93. The fourth-order valence-corrected chi connectivity index (χ4v) is 4.34. The van der Waals surface area contributed by atoms with Crippen molar-refractivity contribution in [1.29, 1.82) is 0 Å². The second-order valence-corrected chi connectivity index (χ2v) is 7.56. The highest BCUT2D eigenvalue weighted by atomic mass is 32.1. The van der Waals surface area contributed by atoms with E-state index < -0.39 is 0 Å². The van der Waals surface area contributed by atoms with Gasteiger partial charge < -0.3 is 5.32 Å². The zero-order chi connectivity index (χ0) is 17.2. The van der Waals surface area contributed by atoms with Gasteiger partial charge in [-0.15, -0.1) is 0 Å². The van der Waals surface area contributed by atoms with Gasteiger partial charge in [0.25, 0.3) is 0 Å². The number of hydrogen-bond acceptors (Lipinski definition) is 5. The molecule has 1 aliphatic heterocycles. The average Bonchev–Trinajstić information content (AvgIpc) is 3.29. The van der Waals surface area contributed by atoms with Crippen molar-refractivity contribution in [3.63, 3.8) is 0 Å². The van der Waals surface area contributed by atoms with Gasteiger partial charge in [0.15, 0.2) is 5.13 Å². The number of amides is 1. The molecule has 130 valence electrons. The largest absolute Gasteiger partial charge is 0.301 e. The number of fused-ring (bicyclic) bond motifs is 1. The molecule has 1 aromatic carbocycles. The molecule has 3 aromatic rings. The van der Waals surface area contributed by atoms with E-state index >= 15 is 0 Å². The fourth-order valence-electron chi connectivity index (χ4n) is 3.36. The number of hydrogen-bond donors (Lipinski definition) is 1. The molecule has 1 N–H and O–H groups in total. The number of likely N-dealkylation sites (tertiary alicyclic amines) is 1. The number of aryl methyl sites for hydroxylation is 1. The van der Waals surface area contributed by atoms with Gasteiger partial charge in [-0.2, -0.15) is 5.10 Å². The summed E-state index contributed by atoms with van der Waals surface area (Å²) in [7, 11) is 0. The molecular weight excluding hydrogens is 334 g/mol. The Balaban J connectivity index is 1.38. The van der Waals surface area contributed by atoms with Crippen LogP contribution in [-0.2, 0) is 11.3 Å². The molecule has 1 fully saturated rings. The Morgan fingerprint density at radius 3 is 3.20 bits per heavy atom. The summed E-state index contributed by atoms with van der Waals surface area (Å²) >= 11 is 1.53. The summed E-state index contributed by atoms with van der Waals surface area (Å²) in [6.07, 6.45) is 5.99. The molecular formula is C18H21N5OS. The topological polar surface area (TPSA) is 63.1 Å². The van der Waals surface area contributed by atoms with Crippen LogP contribution in [0.2, 0.25) is 0 Å². The minimum absolute atomic E-state index is 0.00291. The van der Waals surface area contributed by atoms with E-state index in [1.54, 1.807) is 6.20 Å². The molecule has 2 aromatic heterocycles. The molecule has 3 heterocycles. The van der Waals surface area contributed by atoms with E-state index in [2.05, 4.69) is 33.3 Å². The van der Waals surface area contributed by atoms with Crippen molar-refractivity contribution in [3.8, 4) is 0 Å². The predicted molar refractivity (Wildman–Crippen MR) is 99.8 cm³/mol. The number of nitrogens with zero attached hydrogens (tertiary/aromatic N) is 4. The maximum atomic E-state index is 12.5. The molecule has 1 atom stereocenters. The molecule has 1 aliphatic rings. The van der Waals surface area contributed by atoms with Crippen LogP contribution in [0.4, 0.5) is 5.13 Å². The molecule has 0 saturated carbocycles. The van der Waals surface area contributed by atoms with Gasteiger partial charge in [0.2, 0.25) is 5.91 Å². The maximum Gasteiger partial charge on any atom is 0.240 e. The molecule has 0 unspecified atom stereocenters. The second-order valence-electron chi connectivity index (χ2n) is 6.53. The van der Waals surface area contributed by atoms with Crippen molar-refractivity contribution in [2.75, 3.05) is 18.4 Å². The van der Waals surface area contributed by atoms with Crippen molar-refractivity contribution in [1.82, 2.24) is 19.7 Å². The highest BCUT2D eigenvalue weighted by Crippen LogP contribution is 2.27. The standard InChI is InChI=1S/C18H21N5OS/c1-13-5-6-15-16(10-13)25-18(20-15)21-17(24)12-22-8-2-4-14(22)11-23-9-3-7-19-23/h3,5-7,9-10,14H,2,4,8,11-12H2,1H3,(H,20,21,24)/t14-/m0/s1. The lowest BCUT2D eigenvalue weighted by atomic mass is 10.2. The lowest BCUT2D eigenvalue weighted by molar-refractivity contribution is -0.117. The number of carbonyl (C=O) groups excluding carboxylic acids is 1. The Morgan fingerprint density at radius 1 is 1.44 bits per heavy atom. The van der Waals surface area contributed by atoms with Gasteiger partial charge >= 0.3 is 0 Å². The number of thiazole rings is 1. The maximum absolute atomic E-state index is 12.5. The van der Waals surface area contributed by atoms with Gasteiger partial charge in [-0.25, -0.2) is 4.98 Å². The molecule has 0 bridgehead atoms. The molecule has 25 heavy (non-hydrogen) atoms. The zero-order valence-electron chi connectivity index (χ0n) is 14.2. The summed E-state index contributed by atoms with van der Waals surface area (Å²) < 4.78 is 3.05. The number of rotatable bonds is 5. The molecule has 6 nitrogen and oxygen atoms in total. The first-order valence-electron chi connectivity index (χ1n) is 8.56. The first-order chi connectivity index (χ1) is 12.2. The van der Waals surface area contributed by atoms with Gasteiger partial charge in [-0.1, -0.05) is 17.4 Å². The minimum atomic E-state index is 0.00291. The number of aromatic nitrogens is 3. The van der Waals surface area contributed by atoms with E-state index in [-0.39, 0.29) is 5.91 Å². The van der Waals surface area contributed by atoms with Gasteiger partial charge in [-0.3, -0.25) is 14.4 Å². The monoisotopic (exact) mass is 355 g/mol. The average molecular weight is 355 g/mol. The van der Waals surface area contributed by atoms with Crippen molar-refractivity contribution < 1.29 is 4.79 Å². The highest BCUT2D eigenvalue weighted by molar-refractivity contribution is 7.22. The smallest absolute Gasteiger partial charge is 0.240 e. The number of benzene rings is 1. The third-order valence-corrected chi connectivity index (χ3v) is 5.53. The van der Waals surface area contributed by atoms with Gasteiger partial charge in [0.1, 0.15) is 0 Å². The first kappa shape index (κ1) is 16.2. The van der Waals surface area contributed by atoms with E-state index in [4.69, 9.17) is 0 Å². The van der Waals surface area contributed by atoms with Crippen LogP contribution in [0.1, 0.15) is 18.4 Å². The van der Waals surface area contributed by atoms with Crippen LogP contribution >= 0.6 is 11.3 Å². The first-order valence-corrected chi connectivity index (χ1v) is 9.37. The van der Waals surface area contributed by atoms with Gasteiger partial charge in [0, 0.05) is 18.4 Å². The van der Waals surface area contributed by atoms with Crippen LogP contribution in [0, 0.1) is 6.92 Å². The summed E-state index contributed by atoms with van der Waals surface area (Å²) in [5.74, 6) is 0.00291.